The number of rotatable bonds is 5. The number of hydrogen-bond donors (Lipinski definition) is 3. The molecule has 4 N–H and O–H groups in total. The molecule has 146 valence electrons. The van der Waals surface area contributed by atoms with Gasteiger partial charge in [0.15, 0.2) is 0 Å². The molecule has 0 bridgehead atoms. The molecule has 0 saturated heterocycles. The van der Waals surface area contributed by atoms with Crippen LogP contribution in [0.1, 0.15) is 67.7 Å². The molecule has 1 atom stereocenters. The molecular weight excluding hydrogens is 324 g/mol. The van der Waals surface area contributed by atoms with Gasteiger partial charge in [-0.05, 0) is 60.8 Å². The molecule has 0 spiro atoms. The van der Waals surface area contributed by atoms with Crippen molar-refractivity contribution in [2.75, 3.05) is 6.54 Å². The molecule has 1 unspecified atom stereocenters. The van der Waals surface area contributed by atoms with E-state index in [-0.39, 0.29) is 18.5 Å². The maximum Gasteiger partial charge on any atom is 0.417 e. The summed E-state index contributed by atoms with van der Waals surface area (Å²) in [6.45, 7) is 12.6. The van der Waals surface area contributed by atoms with Gasteiger partial charge >= 0.3 is 12.2 Å². The highest BCUT2D eigenvalue weighted by Crippen LogP contribution is 2.12. The van der Waals surface area contributed by atoms with Crippen LogP contribution in [0.4, 0.5) is 9.59 Å². The van der Waals surface area contributed by atoms with Crippen LogP contribution in [-0.2, 0) is 9.47 Å². The second kappa shape index (κ2) is 9.60. The fourth-order valence-electron chi connectivity index (χ4n) is 1.79. The summed E-state index contributed by atoms with van der Waals surface area (Å²) in [7, 11) is 0. The van der Waals surface area contributed by atoms with E-state index in [1.54, 1.807) is 41.5 Å². The quantitative estimate of drug-likeness (QED) is 0.515. The minimum absolute atomic E-state index is 0.0356. The fourth-order valence-corrected chi connectivity index (χ4v) is 1.79. The molecule has 0 heterocycles. The Morgan fingerprint density at radius 2 is 1.64 bits per heavy atom. The average Bonchev–Trinajstić information content (AvgIpc) is 2.38. The SMILES string of the molecule is CCC(N)CCCN(C(=N)NC(=O)OC(C)(C)C)C(=O)OC(C)(C)C. The number of ether oxygens (including phenoxy) is 2. The van der Waals surface area contributed by atoms with E-state index < -0.39 is 23.4 Å². The van der Waals surface area contributed by atoms with Crippen molar-refractivity contribution in [3.8, 4) is 0 Å². The topological polar surface area (TPSA) is 118 Å². The van der Waals surface area contributed by atoms with Crippen molar-refractivity contribution < 1.29 is 19.1 Å². The Balaban J connectivity index is 4.93. The first-order chi connectivity index (χ1) is 11.2. The fraction of sp³-hybridized carbons (Fsp3) is 0.824. The molecule has 0 aromatic rings. The third-order valence-electron chi connectivity index (χ3n) is 2.98. The van der Waals surface area contributed by atoms with Gasteiger partial charge in [0.2, 0.25) is 5.96 Å². The normalized spacial score (nSPS) is 13.0. The summed E-state index contributed by atoms with van der Waals surface area (Å²) in [6, 6.07) is 0.0356. The maximum atomic E-state index is 12.4. The van der Waals surface area contributed by atoms with Gasteiger partial charge in [0.25, 0.3) is 0 Å². The number of nitrogens with zero attached hydrogens (tertiary/aromatic N) is 1. The number of nitrogens with two attached hydrogens (primary N) is 1. The Morgan fingerprint density at radius 1 is 1.12 bits per heavy atom. The Bertz CT molecular complexity index is 466. The van der Waals surface area contributed by atoms with Crippen LogP contribution in [0.5, 0.6) is 0 Å². The average molecular weight is 358 g/mol. The van der Waals surface area contributed by atoms with Crippen molar-refractivity contribution in [2.45, 2.75) is 85.0 Å². The van der Waals surface area contributed by atoms with Crippen LogP contribution in [0.3, 0.4) is 0 Å². The molecule has 8 nitrogen and oxygen atoms in total. The third kappa shape index (κ3) is 11.4. The largest absolute Gasteiger partial charge is 0.444 e. The molecule has 0 saturated carbocycles. The van der Waals surface area contributed by atoms with Crippen LogP contribution in [0.2, 0.25) is 0 Å². The minimum Gasteiger partial charge on any atom is -0.444 e. The van der Waals surface area contributed by atoms with Gasteiger partial charge in [0.05, 0.1) is 0 Å². The Hall–Kier alpha value is -1.83. The Labute approximate surface area is 150 Å². The van der Waals surface area contributed by atoms with Gasteiger partial charge in [0.1, 0.15) is 11.2 Å². The van der Waals surface area contributed by atoms with Gasteiger partial charge in [-0.15, -0.1) is 0 Å². The first-order valence-electron chi connectivity index (χ1n) is 8.60. The number of guanidine groups is 1. The van der Waals surface area contributed by atoms with Crippen LogP contribution in [-0.4, -0.2) is 46.8 Å². The molecule has 25 heavy (non-hydrogen) atoms. The van der Waals surface area contributed by atoms with Crippen molar-refractivity contribution in [1.29, 1.82) is 5.41 Å². The zero-order chi connectivity index (χ0) is 19.8. The Morgan fingerprint density at radius 3 is 2.08 bits per heavy atom. The highest BCUT2D eigenvalue weighted by molar-refractivity contribution is 5.99. The zero-order valence-corrected chi connectivity index (χ0v) is 16.6. The molecule has 0 rings (SSSR count). The summed E-state index contributed by atoms with van der Waals surface area (Å²) in [5.41, 5.74) is 4.48. The van der Waals surface area contributed by atoms with E-state index in [0.29, 0.717) is 12.8 Å². The van der Waals surface area contributed by atoms with Crippen LogP contribution in [0, 0.1) is 5.41 Å². The van der Waals surface area contributed by atoms with Gasteiger partial charge < -0.3 is 15.2 Å². The highest BCUT2D eigenvalue weighted by atomic mass is 16.6. The molecule has 8 heteroatoms. The van der Waals surface area contributed by atoms with E-state index in [0.717, 1.165) is 11.3 Å². The Kier molecular flexibility index (Phi) is 8.90. The summed E-state index contributed by atoms with van der Waals surface area (Å²) in [4.78, 5) is 25.3. The van der Waals surface area contributed by atoms with Crippen LogP contribution in [0.25, 0.3) is 0 Å². The summed E-state index contributed by atoms with van der Waals surface area (Å²) < 4.78 is 10.4. The van der Waals surface area contributed by atoms with Crippen molar-refractivity contribution >= 4 is 18.1 Å². The summed E-state index contributed by atoms with van der Waals surface area (Å²) >= 11 is 0. The van der Waals surface area contributed by atoms with E-state index in [1.807, 2.05) is 6.92 Å². The molecule has 0 aromatic carbocycles. The standard InChI is InChI=1S/C17H34N4O4/c1-8-12(18)10-9-11-21(15(23)25-17(5,6)7)13(19)20-14(22)24-16(2,3)4/h12H,8-11,18H2,1-7H3,(H2,19,20,22). The minimum atomic E-state index is -0.795. The number of amides is 2. The van der Waals surface area contributed by atoms with E-state index in [9.17, 15) is 9.59 Å². The maximum absolute atomic E-state index is 12.4. The van der Waals surface area contributed by atoms with Crippen LogP contribution < -0.4 is 11.1 Å². The summed E-state index contributed by atoms with van der Waals surface area (Å²) in [5, 5.41) is 10.3. The van der Waals surface area contributed by atoms with Gasteiger partial charge in [-0.2, -0.15) is 0 Å². The highest BCUT2D eigenvalue weighted by Gasteiger charge is 2.27. The lowest BCUT2D eigenvalue weighted by Gasteiger charge is -2.28. The van der Waals surface area contributed by atoms with Crippen molar-refractivity contribution in [1.82, 2.24) is 10.2 Å². The molecule has 0 aliphatic heterocycles. The van der Waals surface area contributed by atoms with E-state index in [4.69, 9.17) is 20.6 Å². The molecule has 0 radical (unpaired) electrons. The van der Waals surface area contributed by atoms with Crippen molar-refractivity contribution in [3.63, 3.8) is 0 Å². The second-order valence-electron chi connectivity index (χ2n) is 7.92. The first-order valence-corrected chi connectivity index (χ1v) is 8.60. The lowest BCUT2D eigenvalue weighted by Crippen LogP contribution is -2.49. The van der Waals surface area contributed by atoms with E-state index >= 15 is 0 Å². The third-order valence-corrected chi connectivity index (χ3v) is 2.98. The molecule has 2 amide bonds. The number of nitrogens with one attached hydrogen (secondary N) is 2. The zero-order valence-electron chi connectivity index (χ0n) is 16.6. The van der Waals surface area contributed by atoms with Crippen molar-refractivity contribution in [2.24, 2.45) is 5.73 Å². The summed E-state index contributed by atoms with van der Waals surface area (Å²) in [5.74, 6) is -0.381. The van der Waals surface area contributed by atoms with Gasteiger partial charge in [0, 0.05) is 12.6 Å². The van der Waals surface area contributed by atoms with Gasteiger partial charge in [-0.3, -0.25) is 10.7 Å². The molecule has 0 aromatic heterocycles. The monoisotopic (exact) mass is 358 g/mol. The molecule has 0 fully saturated rings. The van der Waals surface area contributed by atoms with E-state index in [2.05, 4.69) is 5.32 Å². The predicted molar refractivity (Wildman–Crippen MR) is 97.5 cm³/mol. The molecular formula is C17H34N4O4. The van der Waals surface area contributed by atoms with E-state index in [1.165, 1.54) is 0 Å². The van der Waals surface area contributed by atoms with Crippen LogP contribution >= 0.6 is 0 Å². The lowest BCUT2D eigenvalue weighted by molar-refractivity contribution is 0.0354. The predicted octanol–water partition coefficient (Wildman–Crippen LogP) is 3.20. The molecule has 0 aliphatic rings. The van der Waals surface area contributed by atoms with Gasteiger partial charge in [-0.25, -0.2) is 14.5 Å². The number of hydrogen-bond acceptors (Lipinski definition) is 6. The smallest absolute Gasteiger partial charge is 0.417 e. The number of carbonyl (C=O) groups is 2. The van der Waals surface area contributed by atoms with Crippen LogP contribution in [0.15, 0.2) is 0 Å². The molecule has 0 aliphatic carbocycles. The number of alkyl carbamates (subject to hydrolysis) is 1. The first kappa shape index (κ1) is 23.2. The van der Waals surface area contributed by atoms with Gasteiger partial charge in [-0.1, -0.05) is 6.92 Å². The van der Waals surface area contributed by atoms with Crippen molar-refractivity contribution in [3.05, 3.63) is 0 Å². The second-order valence-corrected chi connectivity index (χ2v) is 7.92. The number of carbonyl (C=O) groups excluding carboxylic acids is 2. The summed E-state index contributed by atoms with van der Waals surface area (Å²) in [6.07, 6.45) is 0.636. The lowest BCUT2D eigenvalue weighted by atomic mass is 10.1.